The zero-order valence-corrected chi connectivity index (χ0v) is 16.3. The maximum Gasteiger partial charge on any atom is 0.344 e. The van der Waals surface area contributed by atoms with Crippen LogP contribution in [0.5, 0.6) is 5.75 Å². The van der Waals surface area contributed by atoms with Crippen LogP contribution in [0.25, 0.3) is 22.2 Å². The summed E-state index contributed by atoms with van der Waals surface area (Å²) in [5, 5.41) is 1.43. The quantitative estimate of drug-likeness (QED) is 0.302. The molecule has 3 nitrogen and oxygen atoms in total. The molecule has 0 bridgehead atoms. The number of nitrogens with zero attached hydrogens (tertiary/aromatic N) is 1. The van der Waals surface area contributed by atoms with E-state index < -0.39 is 5.97 Å². The normalized spacial score (nSPS) is 10.8. The van der Waals surface area contributed by atoms with Crippen LogP contribution in [0.1, 0.15) is 21.5 Å². The van der Waals surface area contributed by atoms with Crippen LogP contribution in [0.4, 0.5) is 0 Å². The van der Waals surface area contributed by atoms with E-state index in [9.17, 15) is 4.79 Å². The number of aromatic nitrogens is 1. The molecule has 1 aromatic heterocycles. The molecule has 0 aliphatic rings. The molecule has 0 fully saturated rings. The van der Waals surface area contributed by atoms with E-state index in [1.165, 1.54) is 0 Å². The van der Waals surface area contributed by atoms with Crippen LogP contribution in [0.3, 0.4) is 0 Å². The summed E-state index contributed by atoms with van der Waals surface area (Å²) in [6, 6.07) is 22.4. The number of ether oxygens (including phenoxy) is 1. The highest BCUT2D eigenvalue weighted by atomic mass is 35.5. The highest BCUT2D eigenvalue weighted by molar-refractivity contribution is 6.30. The van der Waals surface area contributed by atoms with Crippen molar-refractivity contribution in [2.45, 2.75) is 13.8 Å². The SMILES string of the molecule is Cc1ccc(OC(=O)c2cc(-c3ccc(Cl)cc3)nc3c(C)cccc23)cc1. The molecule has 4 aromatic rings. The molecular formula is C24H18ClNO2. The van der Waals surface area contributed by atoms with Gasteiger partial charge in [-0.2, -0.15) is 0 Å². The van der Waals surface area contributed by atoms with Gasteiger partial charge in [0.05, 0.1) is 16.8 Å². The molecule has 0 saturated carbocycles. The molecule has 0 unspecified atom stereocenters. The van der Waals surface area contributed by atoms with Gasteiger partial charge >= 0.3 is 5.97 Å². The lowest BCUT2D eigenvalue weighted by Gasteiger charge is -2.11. The van der Waals surface area contributed by atoms with E-state index in [4.69, 9.17) is 21.3 Å². The average molecular weight is 388 g/mol. The van der Waals surface area contributed by atoms with Crippen molar-refractivity contribution in [1.29, 1.82) is 0 Å². The largest absolute Gasteiger partial charge is 0.423 e. The third-order valence-electron chi connectivity index (χ3n) is 4.63. The number of para-hydroxylation sites is 1. The minimum absolute atomic E-state index is 0.405. The van der Waals surface area contributed by atoms with Crippen molar-refractivity contribution in [3.05, 3.63) is 94.5 Å². The van der Waals surface area contributed by atoms with Gasteiger partial charge in [-0.15, -0.1) is 0 Å². The Morgan fingerprint density at radius 3 is 2.36 bits per heavy atom. The Morgan fingerprint density at radius 1 is 0.929 bits per heavy atom. The first-order valence-electron chi connectivity index (χ1n) is 8.96. The van der Waals surface area contributed by atoms with Gasteiger partial charge in [-0.05, 0) is 49.7 Å². The maximum atomic E-state index is 13.0. The first-order chi connectivity index (χ1) is 13.5. The molecule has 0 amide bonds. The summed E-state index contributed by atoms with van der Waals surface area (Å²) in [6.07, 6.45) is 0. The Kier molecular flexibility index (Phi) is 4.84. The maximum absolute atomic E-state index is 13.0. The Hall–Kier alpha value is -3.17. The molecule has 0 atom stereocenters. The third kappa shape index (κ3) is 3.62. The van der Waals surface area contributed by atoms with Gasteiger partial charge in [0, 0.05) is 16.0 Å². The topological polar surface area (TPSA) is 39.2 Å². The lowest BCUT2D eigenvalue weighted by atomic mass is 10.0. The number of aryl methyl sites for hydroxylation is 2. The molecule has 3 aromatic carbocycles. The van der Waals surface area contributed by atoms with Crippen molar-refractivity contribution in [2.75, 3.05) is 0 Å². The summed E-state index contributed by atoms with van der Waals surface area (Å²) in [7, 11) is 0. The molecule has 0 saturated heterocycles. The fourth-order valence-electron chi connectivity index (χ4n) is 3.10. The number of rotatable bonds is 3. The summed E-state index contributed by atoms with van der Waals surface area (Å²) in [5.74, 6) is 0.110. The highest BCUT2D eigenvalue weighted by Crippen LogP contribution is 2.28. The average Bonchev–Trinajstić information content (AvgIpc) is 2.70. The monoisotopic (exact) mass is 387 g/mol. The standard InChI is InChI=1S/C24H18ClNO2/c1-15-6-12-19(13-7-15)28-24(27)21-14-22(17-8-10-18(25)11-9-17)26-23-16(2)4-3-5-20(21)23/h3-14H,1-2H3. The molecule has 0 aliphatic heterocycles. The number of carbonyl (C=O) groups is 1. The number of carbonyl (C=O) groups excluding carboxylic acids is 1. The molecular weight excluding hydrogens is 370 g/mol. The summed E-state index contributed by atoms with van der Waals surface area (Å²) in [6.45, 7) is 3.97. The Bertz CT molecular complexity index is 1170. The summed E-state index contributed by atoms with van der Waals surface area (Å²) < 4.78 is 5.63. The van der Waals surface area contributed by atoms with E-state index in [0.29, 0.717) is 22.0 Å². The number of fused-ring (bicyclic) bond motifs is 1. The van der Waals surface area contributed by atoms with Crippen LogP contribution in [-0.4, -0.2) is 11.0 Å². The fourth-order valence-corrected chi connectivity index (χ4v) is 3.22. The molecule has 4 rings (SSSR count). The third-order valence-corrected chi connectivity index (χ3v) is 4.88. The van der Waals surface area contributed by atoms with E-state index in [-0.39, 0.29) is 0 Å². The lowest BCUT2D eigenvalue weighted by molar-refractivity contribution is 0.0737. The number of esters is 1. The van der Waals surface area contributed by atoms with Crippen molar-refractivity contribution >= 4 is 28.5 Å². The first-order valence-corrected chi connectivity index (χ1v) is 9.34. The van der Waals surface area contributed by atoms with Gasteiger partial charge in [0.25, 0.3) is 0 Å². The van der Waals surface area contributed by atoms with Crippen molar-refractivity contribution < 1.29 is 9.53 Å². The van der Waals surface area contributed by atoms with Gasteiger partial charge in [0.2, 0.25) is 0 Å². The number of benzene rings is 3. The smallest absolute Gasteiger partial charge is 0.344 e. The second-order valence-corrected chi connectivity index (χ2v) is 7.17. The summed E-state index contributed by atoms with van der Waals surface area (Å²) >= 11 is 6.01. The highest BCUT2D eigenvalue weighted by Gasteiger charge is 2.17. The minimum atomic E-state index is -0.405. The van der Waals surface area contributed by atoms with Gasteiger partial charge in [-0.1, -0.05) is 59.6 Å². The van der Waals surface area contributed by atoms with E-state index in [2.05, 4.69) is 0 Å². The zero-order valence-electron chi connectivity index (χ0n) is 15.6. The van der Waals surface area contributed by atoms with E-state index in [0.717, 1.165) is 27.6 Å². The predicted octanol–water partition coefficient (Wildman–Crippen LogP) is 6.39. The van der Waals surface area contributed by atoms with Crippen molar-refractivity contribution in [3.63, 3.8) is 0 Å². The van der Waals surface area contributed by atoms with Crippen LogP contribution in [-0.2, 0) is 0 Å². The van der Waals surface area contributed by atoms with Crippen LogP contribution >= 0.6 is 11.6 Å². The van der Waals surface area contributed by atoms with E-state index >= 15 is 0 Å². The zero-order chi connectivity index (χ0) is 19.7. The fraction of sp³-hybridized carbons (Fsp3) is 0.0833. The Morgan fingerprint density at radius 2 is 1.64 bits per heavy atom. The molecule has 4 heteroatoms. The predicted molar refractivity (Wildman–Crippen MR) is 113 cm³/mol. The van der Waals surface area contributed by atoms with Gasteiger partial charge in [-0.3, -0.25) is 0 Å². The second kappa shape index (κ2) is 7.45. The van der Waals surface area contributed by atoms with E-state index in [1.54, 1.807) is 18.2 Å². The molecule has 0 N–H and O–H groups in total. The van der Waals surface area contributed by atoms with Crippen LogP contribution in [0, 0.1) is 13.8 Å². The van der Waals surface area contributed by atoms with Gasteiger partial charge in [-0.25, -0.2) is 9.78 Å². The van der Waals surface area contributed by atoms with Crippen LogP contribution in [0.15, 0.2) is 72.8 Å². The number of pyridine rings is 1. The van der Waals surface area contributed by atoms with Crippen molar-refractivity contribution in [1.82, 2.24) is 4.98 Å². The van der Waals surface area contributed by atoms with Gasteiger partial charge in [0.1, 0.15) is 5.75 Å². The first kappa shape index (κ1) is 18.2. The van der Waals surface area contributed by atoms with Gasteiger partial charge < -0.3 is 4.74 Å². The van der Waals surface area contributed by atoms with E-state index in [1.807, 2.05) is 68.4 Å². The number of halogens is 1. The summed E-state index contributed by atoms with van der Waals surface area (Å²) in [5.41, 5.74) is 4.96. The second-order valence-electron chi connectivity index (χ2n) is 6.74. The van der Waals surface area contributed by atoms with Crippen LogP contribution in [0.2, 0.25) is 5.02 Å². The number of hydrogen-bond donors (Lipinski definition) is 0. The summed E-state index contributed by atoms with van der Waals surface area (Å²) in [4.78, 5) is 17.8. The Labute approximate surface area is 168 Å². The minimum Gasteiger partial charge on any atom is -0.423 e. The lowest BCUT2D eigenvalue weighted by Crippen LogP contribution is -2.10. The molecule has 1 heterocycles. The molecule has 0 aliphatic carbocycles. The molecule has 0 radical (unpaired) electrons. The molecule has 28 heavy (non-hydrogen) atoms. The molecule has 138 valence electrons. The Balaban J connectivity index is 1.83. The van der Waals surface area contributed by atoms with Crippen molar-refractivity contribution in [3.8, 4) is 17.0 Å². The van der Waals surface area contributed by atoms with Crippen molar-refractivity contribution in [2.24, 2.45) is 0 Å². The van der Waals surface area contributed by atoms with Crippen LogP contribution < -0.4 is 4.74 Å². The van der Waals surface area contributed by atoms with Gasteiger partial charge in [0.15, 0.2) is 0 Å². The number of hydrogen-bond acceptors (Lipinski definition) is 3. The molecule has 0 spiro atoms.